The van der Waals surface area contributed by atoms with Gasteiger partial charge in [-0.05, 0) is 38.6 Å². The lowest BCUT2D eigenvalue weighted by Crippen LogP contribution is -2.41. The molecular weight excluding hydrogens is 206 g/mol. The molecule has 1 atom stereocenters. The number of esters is 1. The summed E-state index contributed by atoms with van der Waals surface area (Å²) >= 11 is 0. The van der Waals surface area contributed by atoms with Crippen molar-refractivity contribution in [3.63, 3.8) is 0 Å². The highest BCUT2D eigenvalue weighted by molar-refractivity contribution is 5.75. The highest BCUT2D eigenvalue weighted by atomic mass is 16.5. The molecule has 4 nitrogen and oxygen atoms in total. The first kappa shape index (κ1) is 13.5. The van der Waals surface area contributed by atoms with E-state index in [1.165, 1.54) is 0 Å². The Morgan fingerprint density at radius 2 is 2.12 bits per heavy atom. The molecule has 16 heavy (non-hydrogen) atoms. The first-order valence-electron chi connectivity index (χ1n) is 6.25. The lowest BCUT2D eigenvalue weighted by atomic mass is 10.00. The van der Waals surface area contributed by atoms with Crippen molar-refractivity contribution in [2.24, 2.45) is 5.92 Å². The summed E-state index contributed by atoms with van der Waals surface area (Å²) in [5, 5.41) is 3.29. The molecule has 94 valence electrons. The molecule has 1 aliphatic rings. The van der Waals surface area contributed by atoms with Crippen LogP contribution in [0.4, 0.5) is 0 Å². The molecule has 0 aromatic heterocycles. The summed E-state index contributed by atoms with van der Waals surface area (Å²) in [6.07, 6.45) is 2.96. The maximum Gasteiger partial charge on any atom is 0.323 e. The molecule has 0 spiro atoms. The molecule has 0 amide bonds. The zero-order valence-electron chi connectivity index (χ0n) is 10.3. The second-order valence-electron chi connectivity index (χ2n) is 4.18. The molecule has 0 radical (unpaired) electrons. The Bertz CT molecular complexity index is 202. The van der Waals surface area contributed by atoms with Gasteiger partial charge in [-0.2, -0.15) is 0 Å². The average Bonchev–Trinajstić information content (AvgIpc) is 2.31. The van der Waals surface area contributed by atoms with Gasteiger partial charge in [0.15, 0.2) is 0 Å². The number of carbonyl (C=O) groups excluding carboxylic acids is 1. The van der Waals surface area contributed by atoms with Gasteiger partial charge in [0.25, 0.3) is 0 Å². The number of hydrogen-bond acceptors (Lipinski definition) is 4. The maximum absolute atomic E-state index is 11.5. The van der Waals surface area contributed by atoms with Crippen LogP contribution in [0.15, 0.2) is 0 Å². The summed E-state index contributed by atoms with van der Waals surface area (Å²) in [4.78, 5) is 11.5. The normalized spacial score (nSPS) is 19.4. The predicted octanol–water partition coefficient (Wildman–Crippen LogP) is 1.34. The van der Waals surface area contributed by atoms with Crippen molar-refractivity contribution >= 4 is 5.97 Å². The van der Waals surface area contributed by atoms with Crippen molar-refractivity contribution in [2.45, 2.75) is 39.2 Å². The summed E-state index contributed by atoms with van der Waals surface area (Å²) < 4.78 is 10.3. The van der Waals surface area contributed by atoms with Gasteiger partial charge in [-0.25, -0.2) is 0 Å². The van der Waals surface area contributed by atoms with Crippen LogP contribution in [0, 0.1) is 5.92 Å². The van der Waals surface area contributed by atoms with Crippen LogP contribution in [0.5, 0.6) is 0 Å². The van der Waals surface area contributed by atoms with E-state index in [0.29, 0.717) is 12.5 Å². The van der Waals surface area contributed by atoms with Gasteiger partial charge in [0.05, 0.1) is 6.61 Å². The highest BCUT2D eigenvalue weighted by Gasteiger charge is 2.20. The van der Waals surface area contributed by atoms with Crippen LogP contribution in [0.25, 0.3) is 0 Å². The van der Waals surface area contributed by atoms with Crippen LogP contribution in [-0.4, -0.2) is 38.4 Å². The molecule has 0 aromatic rings. The minimum atomic E-state index is -0.150. The quantitative estimate of drug-likeness (QED) is 0.698. The molecule has 1 aliphatic heterocycles. The number of hydrogen-bond donors (Lipinski definition) is 1. The predicted molar refractivity (Wildman–Crippen MR) is 62.3 cm³/mol. The smallest absolute Gasteiger partial charge is 0.323 e. The standard InChI is InChI=1S/C12H23NO3/c1-3-11(12(14)16-4-2)13-9-10-5-7-15-8-6-10/h10-11,13H,3-9H2,1-2H3. The summed E-state index contributed by atoms with van der Waals surface area (Å²) in [6.45, 7) is 6.88. The molecule has 1 N–H and O–H groups in total. The van der Waals surface area contributed by atoms with Crippen LogP contribution >= 0.6 is 0 Å². The summed E-state index contributed by atoms with van der Waals surface area (Å²) in [5.41, 5.74) is 0. The van der Waals surface area contributed by atoms with Crippen LogP contribution in [0.1, 0.15) is 33.1 Å². The summed E-state index contributed by atoms with van der Waals surface area (Å²) in [5.74, 6) is 0.509. The minimum absolute atomic E-state index is 0.128. The van der Waals surface area contributed by atoms with Crippen molar-refractivity contribution < 1.29 is 14.3 Å². The third-order valence-corrected chi connectivity index (χ3v) is 2.97. The number of nitrogens with one attached hydrogen (secondary N) is 1. The maximum atomic E-state index is 11.5. The largest absolute Gasteiger partial charge is 0.465 e. The van der Waals surface area contributed by atoms with Crippen molar-refractivity contribution in [1.29, 1.82) is 0 Å². The molecule has 1 saturated heterocycles. The van der Waals surface area contributed by atoms with Gasteiger partial charge in [-0.15, -0.1) is 0 Å². The fraction of sp³-hybridized carbons (Fsp3) is 0.917. The van der Waals surface area contributed by atoms with Crippen molar-refractivity contribution in [1.82, 2.24) is 5.32 Å². The van der Waals surface area contributed by atoms with E-state index in [2.05, 4.69) is 5.32 Å². The summed E-state index contributed by atoms with van der Waals surface area (Å²) in [7, 11) is 0. The Kier molecular flexibility index (Phi) is 6.42. The van der Waals surface area contributed by atoms with Crippen LogP contribution in [0.3, 0.4) is 0 Å². The zero-order chi connectivity index (χ0) is 11.8. The molecule has 1 unspecified atom stereocenters. The monoisotopic (exact) mass is 229 g/mol. The van der Waals surface area contributed by atoms with Gasteiger partial charge < -0.3 is 14.8 Å². The Morgan fingerprint density at radius 1 is 1.44 bits per heavy atom. The third kappa shape index (κ3) is 4.49. The lowest BCUT2D eigenvalue weighted by molar-refractivity contribution is -0.145. The average molecular weight is 229 g/mol. The van der Waals surface area contributed by atoms with Gasteiger partial charge in [-0.3, -0.25) is 4.79 Å². The molecule has 1 fully saturated rings. The molecule has 0 aromatic carbocycles. The van der Waals surface area contributed by atoms with Crippen LogP contribution < -0.4 is 5.32 Å². The van der Waals surface area contributed by atoms with E-state index in [-0.39, 0.29) is 12.0 Å². The molecule has 1 rings (SSSR count). The molecule has 0 aliphatic carbocycles. The fourth-order valence-corrected chi connectivity index (χ4v) is 1.90. The van der Waals surface area contributed by atoms with Crippen LogP contribution in [-0.2, 0) is 14.3 Å². The van der Waals surface area contributed by atoms with E-state index in [9.17, 15) is 4.79 Å². The lowest BCUT2D eigenvalue weighted by Gasteiger charge is -2.24. The van der Waals surface area contributed by atoms with E-state index >= 15 is 0 Å². The van der Waals surface area contributed by atoms with Crippen molar-refractivity contribution in [3.8, 4) is 0 Å². The zero-order valence-corrected chi connectivity index (χ0v) is 10.3. The van der Waals surface area contributed by atoms with E-state index in [1.54, 1.807) is 0 Å². The first-order chi connectivity index (χ1) is 7.77. The molecule has 0 saturated carbocycles. The van der Waals surface area contributed by atoms with Gasteiger partial charge >= 0.3 is 5.97 Å². The highest BCUT2D eigenvalue weighted by Crippen LogP contribution is 2.13. The Balaban J connectivity index is 2.24. The van der Waals surface area contributed by atoms with E-state index in [1.807, 2.05) is 13.8 Å². The SMILES string of the molecule is CCOC(=O)C(CC)NCC1CCOCC1. The molecule has 4 heteroatoms. The Morgan fingerprint density at radius 3 is 2.69 bits per heavy atom. The van der Waals surface area contributed by atoms with Gasteiger partial charge in [0.1, 0.15) is 6.04 Å². The first-order valence-corrected chi connectivity index (χ1v) is 6.25. The minimum Gasteiger partial charge on any atom is -0.465 e. The second-order valence-corrected chi connectivity index (χ2v) is 4.18. The van der Waals surface area contributed by atoms with Gasteiger partial charge in [0.2, 0.25) is 0 Å². The Hall–Kier alpha value is -0.610. The van der Waals surface area contributed by atoms with Gasteiger partial charge in [-0.1, -0.05) is 6.92 Å². The Labute approximate surface area is 97.7 Å². The molecule has 0 bridgehead atoms. The van der Waals surface area contributed by atoms with E-state index in [0.717, 1.165) is 39.0 Å². The molecular formula is C12H23NO3. The van der Waals surface area contributed by atoms with Crippen molar-refractivity contribution in [2.75, 3.05) is 26.4 Å². The molecule has 1 heterocycles. The number of ether oxygens (including phenoxy) is 2. The second kappa shape index (κ2) is 7.63. The topological polar surface area (TPSA) is 47.6 Å². The van der Waals surface area contributed by atoms with Gasteiger partial charge in [0, 0.05) is 13.2 Å². The van der Waals surface area contributed by atoms with Crippen LogP contribution in [0.2, 0.25) is 0 Å². The summed E-state index contributed by atoms with van der Waals surface area (Å²) in [6, 6.07) is -0.150. The van der Waals surface area contributed by atoms with E-state index < -0.39 is 0 Å². The van der Waals surface area contributed by atoms with Crippen molar-refractivity contribution in [3.05, 3.63) is 0 Å². The fourth-order valence-electron chi connectivity index (χ4n) is 1.90. The third-order valence-electron chi connectivity index (χ3n) is 2.97. The number of rotatable bonds is 6. The number of carbonyl (C=O) groups is 1. The van der Waals surface area contributed by atoms with E-state index in [4.69, 9.17) is 9.47 Å².